The minimum Gasteiger partial charge on any atom is -0.467 e. The molecule has 3 heterocycles. The fraction of sp³-hybridized carbons (Fsp3) is 0.333. The lowest BCUT2D eigenvalue weighted by molar-refractivity contribution is -0.133. The summed E-state index contributed by atoms with van der Waals surface area (Å²) in [7, 11) is 1.41. The molecule has 1 atom stereocenters. The lowest BCUT2D eigenvalue weighted by Gasteiger charge is -2.21. The van der Waals surface area contributed by atoms with Gasteiger partial charge >= 0.3 is 6.01 Å². The molecular weight excluding hydrogens is 431 g/mol. The summed E-state index contributed by atoms with van der Waals surface area (Å²) in [6.07, 6.45) is 1.76. The summed E-state index contributed by atoms with van der Waals surface area (Å²) in [5, 5.41) is 9.80. The number of aromatic nitrogens is 5. The van der Waals surface area contributed by atoms with Crippen LogP contribution in [0, 0.1) is 5.82 Å². The van der Waals surface area contributed by atoms with Gasteiger partial charge in [0.25, 0.3) is 0 Å². The maximum absolute atomic E-state index is 14.1. The highest BCUT2D eigenvalue weighted by molar-refractivity contribution is 6.20. The molecule has 1 aliphatic heterocycles. The predicted octanol–water partition coefficient (Wildman–Crippen LogP) is 1.00. The summed E-state index contributed by atoms with van der Waals surface area (Å²) in [5.41, 5.74) is 5.25. The molecule has 1 unspecified atom stereocenters. The summed E-state index contributed by atoms with van der Waals surface area (Å²) < 4.78 is 20.7. The molecule has 1 saturated carbocycles. The standard InChI is InChI=1S/C21H21FN8O3/c1-21(18(31)24-11-7-8-11)13-14(23)25-16(26-15(13)27-19(21)32)17-28-20(33-2)30(29-17)9-10-5-3-4-6-12(10)22/h3-6,11H,7-9H2,1-2H3,(H,24,31)(H3,23,25,26,27,32). The van der Waals surface area contributed by atoms with E-state index in [1.807, 2.05) is 0 Å². The Labute approximate surface area is 187 Å². The van der Waals surface area contributed by atoms with Gasteiger partial charge in [-0.25, -0.2) is 19.0 Å². The van der Waals surface area contributed by atoms with Gasteiger partial charge in [-0.15, -0.1) is 5.10 Å². The topological polar surface area (TPSA) is 150 Å². The van der Waals surface area contributed by atoms with Gasteiger partial charge in [-0.2, -0.15) is 4.98 Å². The summed E-state index contributed by atoms with van der Waals surface area (Å²) >= 11 is 0. The average molecular weight is 452 g/mol. The SMILES string of the molecule is COc1nc(-c2nc(N)c3c(n2)NC(=O)C3(C)C(=O)NC2CC2)nn1Cc1ccccc1F. The summed E-state index contributed by atoms with van der Waals surface area (Å²) in [6, 6.07) is 6.48. The molecule has 12 heteroatoms. The van der Waals surface area contributed by atoms with E-state index in [1.54, 1.807) is 18.2 Å². The van der Waals surface area contributed by atoms with Gasteiger partial charge < -0.3 is 21.1 Å². The summed E-state index contributed by atoms with van der Waals surface area (Å²) in [4.78, 5) is 38.5. The fourth-order valence-corrected chi connectivity index (χ4v) is 3.75. The van der Waals surface area contributed by atoms with Crippen molar-refractivity contribution >= 4 is 23.5 Å². The first-order chi connectivity index (χ1) is 15.8. The third kappa shape index (κ3) is 3.43. The van der Waals surface area contributed by atoms with E-state index in [-0.39, 0.29) is 53.3 Å². The van der Waals surface area contributed by atoms with Gasteiger partial charge in [-0.1, -0.05) is 18.2 Å². The lowest BCUT2D eigenvalue weighted by atomic mass is 9.83. The first-order valence-electron chi connectivity index (χ1n) is 10.3. The number of carbonyl (C=O) groups excluding carboxylic acids is 2. The van der Waals surface area contributed by atoms with Crippen LogP contribution < -0.4 is 21.1 Å². The lowest BCUT2D eigenvalue weighted by Crippen LogP contribution is -2.48. The first kappa shape index (κ1) is 20.8. The van der Waals surface area contributed by atoms with Crippen LogP contribution in [0.3, 0.4) is 0 Å². The monoisotopic (exact) mass is 452 g/mol. The molecule has 33 heavy (non-hydrogen) atoms. The van der Waals surface area contributed by atoms with Crippen LogP contribution in [0.5, 0.6) is 6.01 Å². The van der Waals surface area contributed by atoms with Crippen LogP contribution in [0.2, 0.25) is 0 Å². The molecule has 1 fully saturated rings. The quantitative estimate of drug-likeness (QED) is 0.469. The Morgan fingerprint density at radius 2 is 2.06 bits per heavy atom. The molecule has 2 aromatic heterocycles. The van der Waals surface area contributed by atoms with Gasteiger partial charge in [-0.3, -0.25) is 9.59 Å². The molecule has 3 aromatic rings. The number of nitrogens with two attached hydrogens (primary N) is 1. The number of halogens is 1. The van der Waals surface area contributed by atoms with E-state index in [0.717, 1.165) is 12.8 Å². The molecule has 5 rings (SSSR count). The van der Waals surface area contributed by atoms with Crippen molar-refractivity contribution in [3.05, 3.63) is 41.2 Å². The maximum Gasteiger partial charge on any atom is 0.315 e. The molecule has 2 aliphatic rings. The van der Waals surface area contributed by atoms with Crippen LogP contribution in [0.25, 0.3) is 11.6 Å². The van der Waals surface area contributed by atoms with Crippen LogP contribution in [0.15, 0.2) is 24.3 Å². The fourth-order valence-electron chi connectivity index (χ4n) is 3.75. The minimum absolute atomic E-state index is 0.0315. The second kappa shape index (κ2) is 7.50. The average Bonchev–Trinajstić information content (AvgIpc) is 3.43. The number of hydrogen-bond donors (Lipinski definition) is 3. The highest BCUT2D eigenvalue weighted by Gasteiger charge is 2.53. The number of nitrogens with zero attached hydrogens (tertiary/aromatic N) is 5. The zero-order valence-electron chi connectivity index (χ0n) is 17.9. The van der Waals surface area contributed by atoms with Gasteiger partial charge in [0, 0.05) is 11.6 Å². The molecule has 1 aliphatic carbocycles. The Morgan fingerprint density at radius 3 is 2.76 bits per heavy atom. The molecule has 4 N–H and O–H groups in total. The summed E-state index contributed by atoms with van der Waals surface area (Å²) in [6.45, 7) is 1.56. The largest absolute Gasteiger partial charge is 0.467 e. The highest BCUT2D eigenvalue weighted by atomic mass is 19.1. The number of benzene rings is 1. The third-order valence-corrected chi connectivity index (χ3v) is 5.79. The molecule has 0 radical (unpaired) electrons. The molecule has 0 spiro atoms. The number of carbonyl (C=O) groups is 2. The molecule has 2 amide bonds. The van der Waals surface area contributed by atoms with E-state index >= 15 is 0 Å². The van der Waals surface area contributed by atoms with E-state index in [4.69, 9.17) is 10.5 Å². The number of hydrogen-bond acceptors (Lipinski definition) is 8. The zero-order chi connectivity index (χ0) is 23.3. The van der Waals surface area contributed by atoms with E-state index < -0.39 is 17.2 Å². The second-order valence-corrected chi connectivity index (χ2v) is 8.15. The molecular formula is C21H21FN8O3. The number of anilines is 2. The van der Waals surface area contributed by atoms with E-state index in [1.165, 1.54) is 24.8 Å². The van der Waals surface area contributed by atoms with Gasteiger partial charge in [-0.05, 0) is 25.8 Å². The predicted molar refractivity (Wildman–Crippen MR) is 115 cm³/mol. The van der Waals surface area contributed by atoms with Crippen molar-refractivity contribution in [1.29, 1.82) is 0 Å². The molecule has 11 nitrogen and oxygen atoms in total. The summed E-state index contributed by atoms with van der Waals surface area (Å²) in [5.74, 6) is -1.18. The number of amides is 2. The van der Waals surface area contributed by atoms with Crippen molar-refractivity contribution in [1.82, 2.24) is 30.0 Å². The van der Waals surface area contributed by atoms with E-state index in [9.17, 15) is 14.0 Å². The highest BCUT2D eigenvalue weighted by Crippen LogP contribution is 2.41. The van der Waals surface area contributed by atoms with Crippen molar-refractivity contribution in [2.75, 3.05) is 18.2 Å². The molecule has 0 saturated heterocycles. The molecule has 170 valence electrons. The van der Waals surface area contributed by atoms with Gasteiger partial charge in [0.2, 0.25) is 23.5 Å². The number of fused-ring (bicyclic) bond motifs is 1. The Kier molecular flexibility index (Phi) is 4.73. The van der Waals surface area contributed by atoms with Gasteiger partial charge in [0.05, 0.1) is 19.2 Å². The second-order valence-electron chi connectivity index (χ2n) is 8.15. The van der Waals surface area contributed by atoms with Crippen LogP contribution in [-0.4, -0.2) is 49.7 Å². The smallest absolute Gasteiger partial charge is 0.315 e. The Morgan fingerprint density at radius 1 is 1.30 bits per heavy atom. The van der Waals surface area contributed by atoms with E-state index in [0.29, 0.717) is 5.56 Å². The molecule has 0 bridgehead atoms. The Hall–Kier alpha value is -4.09. The van der Waals surface area contributed by atoms with Crippen molar-refractivity contribution in [3.63, 3.8) is 0 Å². The molecule has 1 aromatic carbocycles. The van der Waals surface area contributed by atoms with Crippen molar-refractivity contribution in [2.45, 2.75) is 37.8 Å². The van der Waals surface area contributed by atoms with Crippen LogP contribution in [-0.2, 0) is 21.5 Å². The normalized spacial score (nSPS) is 19.2. The van der Waals surface area contributed by atoms with Crippen molar-refractivity contribution in [3.8, 4) is 17.7 Å². The zero-order valence-corrected chi connectivity index (χ0v) is 17.9. The van der Waals surface area contributed by atoms with Crippen LogP contribution in [0.1, 0.15) is 30.9 Å². The van der Waals surface area contributed by atoms with Crippen molar-refractivity contribution < 1.29 is 18.7 Å². The van der Waals surface area contributed by atoms with Crippen LogP contribution >= 0.6 is 0 Å². The number of methoxy groups -OCH3 is 1. The number of nitrogens with one attached hydrogen (secondary N) is 2. The van der Waals surface area contributed by atoms with Crippen LogP contribution in [0.4, 0.5) is 16.0 Å². The van der Waals surface area contributed by atoms with Crippen molar-refractivity contribution in [2.24, 2.45) is 0 Å². The Balaban J connectivity index is 1.51. The minimum atomic E-state index is -1.55. The number of rotatable bonds is 6. The third-order valence-electron chi connectivity index (χ3n) is 5.79. The number of ether oxygens (including phenoxy) is 1. The van der Waals surface area contributed by atoms with Gasteiger partial charge in [0.1, 0.15) is 17.5 Å². The van der Waals surface area contributed by atoms with Gasteiger partial charge in [0.15, 0.2) is 5.41 Å². The number of nitrogen functional groups attached to an aromatic ring is 1. The van der Waals surface area contributed by atoms with E-state index in [2.05, 4.69) is 30.7 Å². The Bertz CT molecular complexity index is 1290. The first-order valence-corrected chi connectivity index (χ1v) is 10.3. The maximum atomic E-state index is 14.1.